The van der Waals surface area contributed by atoms with Crippen LogP contribution in [0.15, 0.2) is 42.5 Å². The Bertz CT molecular complexity index is 704. The molecule has 0 fully saturated rings. The monoisotopic (exact) mass is 299 g/mol. The summed E-state index contributed by atoms with van der Waals surface area (Å²) >= 11 is 5.97. The quantitative estimate of drug-likeness (QED) is 0.943. The van der Waals surface area contributed by atoms with Gasteiger partial charge >= 0.3 is 0 Å². The number of carbonyl (C=O) groups is 1. The number of anilines is 2. The average molecular weight is 300 g/mol. The van der Waals surface area contributed by atoms with Gasteiger partial charge in [0.1, 0.15) is 0 Å². The van der Waals surface area contributed by atoms with Crippen molar-refractivity contribution in [1.29, 1.82) is 5.26 Å². The van der Waals surface area contributed by atoms with Crippen molar-refractivity contribution in [3.05, 3.63) is 58.6 Å². The third-order valence-corrected chi connectivity index (χ3v) is 3.40. The maximum absolute atomic E-state index is 12.6. The molecule has 0 aromatic heterocycles. The molecule has 0 spiro atoms. The van der Waals surface area contributed by atoms with Crippen LogP contribution in [0.2, 0.25) is 5.02 Å². The first-order chi connectivity index (χ1) is 10.1. The summed E-state index contributed by atoms with van der Waals surface area (Å²) in [5, 5.41) is 12.3. The minimum Gasteiger partial charge on any atom is -0.387 e. The van der Waals surface area contributed by atoms with Gasteiger partial charge in [0, 0.05) is 30.5 Å². The smallest absolute Gasteiger partial charge is 0.260 e. The minimum absolute atomic E-state index is 0.174. The van der Waals surface area contributed by atoms with Crippen LogP contribution in [0.25, 0.3) is 0 Å². The molecule has 0 saturated heterocycles. The molecule has 21 heavy (non-hydrogen) atoms. The summed E-state index contributed by atoms with van der Waals surface area (Å²) in [5.41, 5.74) is 2.47. The van der Waals surface area contributed by atoms with Gasteiger partial charge in [0.15, 0.2) is 0 Å². The van der Waals surface area contributed by atoms with Crippen LogP contribution < -0.4 is 10.2 Å². The van der Waals surface area contributed by atoms with Crippen molar-refractivity contribution in [3.8, 4) is 6.07 Å². The number of hydrogen-bond donors (Lipinski definition) is 1. The third-order valence-electron chi connectivity index (χ3n) is 3.17. The lowest BCUT2D eigenvalue weighted by atomic mass is 10.1. The number of benzene rings is 2. The Hall–Kier alpha value is -2.51. The van der Waals surface area contributed by atoms with Gasteiger partial charge in [-0.1, -0.05) is 11.6 Å². The van der Waals surface area contributed by atoms with Gasteiger partial charge in [-0.15, -0.1) is 0 Å². The lowest BCUT2D eigenvalue weighted by Gasteiger charge is -2.19. The van der Waals surface area contributed by atoms with Crippen molar-refractivity contribution in [2.75, 3.05) is 24.3 Å². The number of nitriles is 1. The number of halogens is 1. The molecule has 5 heteroatoms. The van der Waals surface area contributed by atoms with Crippen molar-refractivity contribution < 1.29 is 4.79 Å². The van der Waals surface area contributed by atoms with E-state index in [0.717, 1.165) is 0 Å². The standard InChI is InChI=1S/C16H14ClN3O/c1-19-15-8-5-12(17)9-14(15)16(21)20(2)13-6-3-11(10-18)4-7-13/h3-9,19H,1-2H3. The number of carbonyl (C=O) groups excluding carboxylic acids is 1. The van der Waals surface area contributed by atoms with Crippen LogP contribution in [0, 0.1) is 11.3 Å². The van der Waals surface area contributed by atoms with E-state index in [4.69, 9.17) is 16.9 Å². The fourth-order valence-electron chi connectivity index (χ4n) is 1.97. The largest absolute Gasteiger partial charge is 0.387 e. The molecule has 1 amide bonds. The molecule has 2 aromatic carbocycles. The molecule has 1 N–H and O–H groups in total. The predicted molar refractivity (Wildman–Crippen MR) is 84.9 cm³/mol. The summed E-state index contributed by atoms with van der Waals surface area (Å²) in [6, 6.07) is 14.0. The molecule has 0 atom stereocenters. The van der Waals surface area contributed by atoms with Crippen molar-refractivity contribution >= 4 is 28.9 Å². The Morgan fingerprint density at radius 3 is 2.48 bits per heavy atom. The molecule has 0 saturated carbocycles. The third kappa shape index (κ3) is 3.15. The number of nitrogens with zero attached hydrogens (tertiary/aromatic N) is 2. The molecule has 0 heterocycles. The molecule has 2 rings (SSSR count). The highest BCUT2D eigenvalue weighted by Gasteiger charge is 2.17. The van der Waals surface area contributed by atoms with E-state index in [1.807, 2.05) is 6.07 Å². The van der Waals surface area contributed by atoms with Crippen molar-refractivity contribution in [2.45, 2.75) is 0 Å². The van der Waals surface area contributed by atoms with Gasteiger partial charge in [-0.25, -0.2) is 0 Å². The van der Waals surface area contributed by atoms with Crippen molar-refractivity contribution in [3.63, 3.8) is 0 Å². The van der Waals surface area contributed by atoms with Gasteiger partial charge in [0.25, 0.3) is 5.91 Å². The van der Waals surface area contributed by atoms with Crippen molar-refractivity contribution in [1.82, 2.24) is 0 Å². The Balaban J connectivity index is 2.34. The second-order valence-corrected chi connectivity index (χ2v) is 4.90. The number of amides is 1. The Morgan fingerprint density at radius 2 is 1.90 bits per heavy atom. The molecule has 4 nitrogen and oxygen atoms in total. The summed E-state index contributed by atoms with van der Waals surface area (Å²) in [6.45, 7) is 0. The molecule has 0 radical (unpaired) electrons. The lowest BCUT2D eigenvalue weighted by Crippen LogP contribution is -2.27. The molecule has 106 valence electrons. The first kappa shape index (κ1) is 14.9. The number of nitrogens with one attached hydrogen (secondary N) is 1. The van der Waals surface area contributed by atoms with E-state index >= 15 is 0 Å². The van der Waals surface area contributed by atoms with E-state index in [9.17, 15) is 4.79 Å². The molecular weight excluding hydrogens is 286 g/mol. The number of rotatable bonds is 3. The van der Waals surface area contributed by atoms with E-state index in [-0.39, 0.29) is 5.91 Å². The lowest BCUT2D eigenvalue weighted by molar-refractivity contribution is 0.0994. The van der Waals surface area contributed by atoms with Gasteiger partial charge in [-0.2, -0.15) is 5.26 Å². The Morgan fingerprint density at radius 1 is 1.24 bits per heavy atom. The molecule has 0 aliphatic carbocycles. The topological polar surface area (TPSA) is 56.1 Å². The van der Waals surface area contributed by atoms with Gasteiger partial charge in [-0.3, -0.25) is 4.79 Å². The SMILES string of the molecule is CNc1ccc(Cl)cc1C(=O)N(C)c1ccc(C#N)cc1. The Labute approximate surface area is 128 Å². The second-order valence-electron chi connectivity index (χ2n) is 4.46. The fourth-order valence-corrected chi connectivity index (χ4v) is 2.14. The van der Waals surface area contributed by atoms with Crippen LogP contribution in [-0.2, 0) is 0 Å². The fraction of sp³-hybridized carbons (Fsp3) is 0.125. The van der Waals surface area contributed by atoms with Crippen LogP contribution in [0.1, 0.15) is 15.9 Å². The highest BCUT2D eigenvalue weighted by Crippen LogP contribution is 2.24. The molecule has 0 aliphatic rings. The summed E-state index contributed by atoms with van der Waals surface area (Å²) in [7, 11) is 3.44. The summed E-state index contributed by atoms with van der Waals surface area (Å²) < 4.78 is 0. The van der Waals surface area contributed by atoms with E-state index < -0.39 is 0 Å². The van der Waals surface area contributed by atoms with Gasteiger partial charge < -0.3 is 10.2 Å². The van der Waals surface area contributed by atoms with E-state index in [2.05, 4.69) is 5.32 Å². The molecule has 2 aromatic rings. The van der Waals surface area contributed by atoms with Gasteiger partial charge in [0.2, 0.25) is 0 Å². The number of hydrogen-bond acceptors (Lipinski definition) is 3. The molecule has 0 bridgehead atoms. The van der Waals surface area contributed by atoms with Crippen LogP contribution in [0.4, 0.5) is 11.4 Å². The Kier molecular flexibility index (Phi) is 4.46. The maximum Gasteiger partial charge on any atom is 0.260 e. The molecule has 0 unspecified atom stereocenters. The zero-order valence-electron chi connectivity index (χ0n) is 11.7. The van der Waals surface area contributed by atoms with Crippen LogP contribution in [-0.4, -0.2) is 20.0 Å². The minimum atomic E-state index is -0.174. The molecule has 0 aliphatic heterocycles. The first-order valence-electron chi connectivity index (χ1n) is 6.32. The van der Waals surface area contributed by atoms with Crippen LogP contribution >= 0.6 is 11.6 Å². The van der Waals surface area contributed by atoms with Crippen LogP contribution in [0.3, 0.4) is 0 Å². The highest BCUT2D eigenvalue weighted by molar-refractivity contribution is 6.31. The van der Waals surface area contributed by atoms with E-state index in [1.165, 1.54) is 4.90 Å². The average Bonchev–Trinajstić information content (AvgIpc) is 2.53. The summed E-state index contributed by atoms with van der Waals surface area (Å²) in [5.74, 6) is -0.174. The summed E-state index contributed by atoms with van der Waals surface area (Å²) in [6.07, 6.45) is 0. The van der Waals surface area contributed by atoms with Crippen LogP contribution in [0.5, 0.6) is 0 Å². The molecular formula is C16H14ClN3O. The normalized spacial score (nSPS) is 9.81. The summed E-state index contributed by atoms with van der Waals surface area (Å²) in [4.78, 5) is 14.1. The zero-order valence-corrected chi connectivity index (χ0v) is 12.5. The van der Waals surface area contributed by atoms with Gasteiger partial charge in [0.05, 0.1) is 17.2 Å². The maximum atomic E-state index is 12.6. The van der Waals surface area contributed by atoms with Gasteiger partial charge in [-0.05, 0) is 42.5 Å². The zero-order chi connectivity index (χ0) is 15.4. The first-order valence-corrected chi connectivity index (χ1v) is 6.70. The van der Waals surface area contributed by atoms with E-state index in [1.54, 1.807) is 56.6 Å². The predicted octanol–water partition coefficient (Wildman–Crippen LogP) is 3.53. The second kappa shape index (κ2) is 6.29. The van der Waals surface area contributed by atoms with E-state index in [0.29, 0.717) is 27.5 Å². The highest BCUT2D eigenvalue weighted by atomic mass is 35.5. The van der Waals surface area contributed by atoms with Crippen molar-refractivity contribution in [2.24, 2.45) is 0 Å².